The molecule has 38 heavy (non-hydrogen) atoms. The third kappa shape index (κ3) is 14.8. The van der Waals surface area contributed by atoms with Crippen molar-refractivity contribution in [2.24, 2.45) is 0 Å². The Hall–Kier alpha value is -2.02. The Balaban J connectivity index is 0.0000137. The SMILES string of the molecule is CC(=O)OC[C@H]1O[C@@H](OCCNC(=O)NCCCS(=O)(=O)[O-])[C@H](OC(C)=O)[C@@H](OC(C)=O)[C@@H]1OC(C)=O.[Na+]. The Morgan fingerprint density at radius 1 is 0.816 bits per heavy atom. The molecular weight excluding hydrogens is 547 g/mol. The summed E-state index contributed by atoms with van der Waals surface area (Å²) in [4.78, 5) is 58.3. The third-order valence-electron chi connectivity index (χ3n) is 4.47. The first-order valence-corrected chi connectivity index (χ1v) is 12.6. The van der Waals surface area contributed by atoms with Crippen LogP contribution in [-0.2, 0) is 57.7 Å². The fraction of sp³-hybridized carbons (Fsp3) is 0.750. The van der Waals surface area contributed by atoms with Gasteiger partial charge in [0, 0.05) is 46.5 Å². The Morgan fingerprint density at radius 3 is 1.87 bits per heavy atom. The van der Waals surface area contributed by atoms with Crippen LogP contribution in [0.3, 0.4) is 0 Å². The van der Waals surface area contributed by atoms with Crippen molar-refractivity contribution < 1.29 is 94.9 Å². The van der Waals surface area contributed by atoms with E-state index in [9.17, 15) is 36.9 Å². The summed E-state index contributed by atoms with van der Waals surface area (Å²) < 4.78 is 63.7. The molecule has 2 amide bonds. The number of carbonyl (C=O) groups is 5. The van der Waals surface area contributed by atoms with Gasteiger partial charge in [-0.05, 0) is 6.42 Å². The summed E-state index contributed by atoms with van der Waals surface area (Å²) in [6.45, 7) is 3.60. The summed E-state index contributed by atoms with van der Waals surface area (Å²) in [7, 11) is -4.38. The number of hydrogen-bond acceptors (Lipinski definition) is 14. The fourth-order valence-electron chi connectivity index (χ4n) is 3.18. The first-order chi connectivity index (χ1) is 17.2. The number of ether oxygens (including phenoxy) is 6. The van der Waals surface area contributed by atoms with E-state index in [1.807, 2.05) is 0 Å². The van der Waals surface area contributed by atoms with E-state index in [1.54, 1.807) is 0 Å². The minimum atomic E-state index is -4.38. The van der Waals surface area contributed by atoms with Gasteiger partial charge in [0.1, 0.15) is 12.7 Å². The molecule has 1 fully saturated rings. The number of esters is 4. The van der Waals surface area contributed by atoms with Gasteiger partial charge in [-0.25, -0.2) is 13.2 Å². The van der Waals surface area contributed by atoms with Gasteiger partial charge in [-0.2, -0.15) is 0 Å². The Bertz CT molecular complexity index is 931. The second-order valence-corrected chi connectivity index (χ2v) is 9.26. The molecule has 0 aromatic heterocycles. The molecule has 16 nitrogen and oxygen atoms in total. The van der Waals surface area contributed by atoms with Gasteiger partial charge in [0.2, 0.25) is 0 Å². The van der Waals surface area contributed by atoms with Gasteiger partial charge in [0.05, 0.1) is 16.7 Å². The number of nitrogens with one attached hydrogen (secondary N) is 2. The van der Waals surface area contributed by atoms with Gasteiger partial charge in [-0.15, -0.1) is 0 Å². The van der Waals surface area contributed by atoms with Crippen LogP contribution in [0.25, 0.3) is 0 Å². The van der Waals surface area contributed by atoms with Crippen LogP contribution in [0, 0.1) is 0 Å². The first kappa shape index (κ1) is 36.0. The summed E-state index contributed by atoms with van der Waals surface area (Å²) in [5.74, 6) is -3.66. The predicted molar refractivity (Wildman–Crippen MR) is 118 cm³/mol. The molecule has 1 saturated heterocycles. The van der Waals surface area contributed by atoms with Crippen LogP contribution < -0.4 is 40.2 Å². The number of carbonyl (C=O) groups excluding carboxylic acids is 5. The normalized spacial score (nSPS) is 22.7. The van der Waals surface area contributed by atoms with Crippen molar-refractivity contribution in [1.82, 2.24) is 10.6 Å². The van der Waals surface area contributed by atoms with Gasteiger partial charge < -0.3 is 43.6 Å². The second-order valence-electron chi connectivity index (χ2n) is 7.74. The maximum Gasteiger partial charge on any atom is 1.00 e. The molecule has 0 saturated carbocycles. The third-order valence-corrected chi connectivity index (χ3v) is 5.26. The summed E-state index contributed by atoms with van der Waals surface area (Å²) in [5.41, 5.74) is 0. The van der Waals surface area contributed by atoms with E-state index in [4.69, 9.17) is 28.4 Å². The molecule has 0 aromatic rings. The molecule has 0 bridgehead atoms. The first-order valence-electron chi connectivity index (χ1n) is 11.1. The molecule has 2 N–H and O–H groups in total. The van der Waals surface area contributed by atoms with Crippen molar-refractivity contribution in [3.8, 4) is 0 Å². The Labute approximate surface area is 241 Å². The van der Waals surface area contributed by atoms with E-state index in [0.29, 0.717) is 0 Å². The van der Waals surface area contributed by atoms with E-state index < -0.39 is 83.1 Å². The zero-order chi connectivity index (χ0) is 28.2. The van der Waals surface area contributed by atoms with Gasteiger partial charge in [-0.3, -0.25) is 19.2 Å². The van der Waals surface area contributed by atoms with Crippen LogP contribution in [-0.4, -0.2) is 106 Å². The van der Waals surface area contributed by atoms with Gasteiger partial charge >= 0.3 is 59.5 Å². The van der Waals surface area contributed by atoms with E-state index in [1.165, 1.54) is 0 Å². The Kier molecular flexibility index (Phi) is 16.6. The van der Waals surface area contributed by atoms with E-state index in [2.05, 4.69) is 10.6 Å². The molecule has 0 radical (unpaired) electrons. The largest absolute Gasteiger partial charge is 1.00 e. The van der Waals surface area contributed by atoms with Crippen molar-refractivity contribution in [3.63, 3.8) is 0 Å². The zero-order valence-electron chi connectivity index (χ0n) is 21.8. The molecule has 0 aliphatic carbocycles. The molecule has 1 heterocycles. The smallest absolute Gasteiger partial charge is 0.748 e. The average molecular weight is 579 g/mol. The van der Waals surface area contributed by atoms with Crippen molar-refractivity contribution in [1.29, 1.82) is 0 Å². The molecule has 0 aromatic carbocycles. The van der Waals surface area contributed by atoms with Crippen LogP contribution in [0.2, 0.25) is 0 Å². The monoisotopic (exact) mass is 578 g/mol. The van der Waals surface area contributed by atoms with Crippen molar-refractivity contribution in [3.05, 3.63) is 0 Å². The van der Waals surface area contributed by atoms with Gasteiger partial charge in [0.25, 0.3) is 0 Å². The summed E-state index contributed by atoms with van der Waals surface area (Å²) in [6, 6.07) is -0.673. The molecule has 1 aliphatic rings. The predicted octanol–water partition coefficient (Wildman–Crippen LogP) is -4.68. The van der Waals surface area contributed by atoms with Crippen LogP contribution in [0.4, 0.5) is 4.79 Å². The quantitative estimate of drug-likeness (QED) is 0.0689. The summed E-state index contributed by atoms with van der Waals surface area (Å²) >= 11 is 0. The fourth-order valence-corrected chi connectivity index (χ4v) is 3.67. The summed E-state index contributed by atoms with van der Waals surface area (Å²) in [6.07, 6.45) is -6.76. The minimum absolute atomic E-state index is 0. The van der Waals surface area contributed by atoms with Crippen LogP contribution in [0.15, 0.2) is 0 Å². The molecule has 0 spiro atoms. The van der Waals surface area contributed by atoms with E-state index >= 15 is 0 Å². The van der Waals surface area contributed by atoms with Crippen LogP contribution >= 0.6 is 0 Å². The maximum absolute atomic E-state index is 11.8. The van der Waals surface area contributed by atoms with Crippen molar-refractivity contribution in [2.45, 2.75) is 64.8 Å². The topological polar surface area (TPSA) is 222 Å². The average Bonchev–Trinajstić information content (AvgIpc) is 2.75. The van der Waals surface area contributed by atoms with Crippen molar-refractivity contribution >= 4 is 40.0 Å². The molecule has 212 valence electrons. The number of urea groups is 1. The zero-order valence-corrected chi connectivity index (χ0v) is 24.6. The number of amides is 2. The van der Waals surface area contributed by atoms with Crippen LogP contribution in [0.1, 0.15) is 34.1 Å². The number of hydrogen-bond donors (Lipinski definition) is 2. The molecular formula is C20H31N2NaO14S. The standard InChI is InChI=1S/C20H32N2O14S.Na/c1-11(23)32-10-15-16(33-12(2)24)17(34-13(3)25)18(35-14(4)26)19(36-15)31-8-7-22-20(27)21-6-5-9-37(28,29)30;/h15-19H,5-10H2,1-4H3,(H2,21,22,27)(H,28,29,30);/q;+1/p-1/t15-,16-,17+,18-,19-;/m1./s1. The van der Waals surface area contributed by atoms with Gasteiger partial charge in [-0.1, -0.05) is 0 Å². The maximum atomic E-state index is 11.8. The second kappa shape index (κ2) is 17.5. The van der Waals surface area contributed by atoms with E-state index in [0.717, 1.165) is 27.7 Å². The Morgan fingerprint density at radius 2 is 1.34 bits per heavy atom. The van der Waals surface area contributed by atoms with Crippen molar-refractivity contribution in [2.75, 3.05) is 32.1 Å². The van der Waals surface area contributed by atoms with E-state index in [-0.39, 0.29) is 55.7 Å². The molecule has 0 unspecified atom stereocenters. The van der Waals surface area contributed by atoms with Crippen LogP contribution in [0.5, 0.6) is 0 Å². The number of rotatable bonds is 13. The minimum Gasteiger partial charge on any atom is -0.748 e. The summed E-state index contributed by atoms with van der Waals surface area (Å²) in [5, 5.41) is 4.77. The molecule has 5 atom stereocenters. The molecule has 1 rings (SSSR count). The molecule has 1 aliphatic heterocycles. The van der Waals surface area contributed by atoms with Gasteiger partial charge in [0.15, 0.2) is 24.6 Å². The molecule has 18 heteroatoms.